The lowest BCUT2D eigenvalue weighted by Crippen LogP contribution is -2.38. The Morgan fingerprint density at radius 3 is 2.76 bits per heavy atom. The van der Waals surface area contributed by atoms with E-state index < -0.39 is 5.95 Å². The maximum absolute atomic E-state index is 12.9. The minimum atomic E-state index is -0.598. The van der Waals surface area contributed by atoms with Gasteiger partial charge < -0.3 is 4.90 Å². The Kier molecular flexibility index (Phi) is 3.71. The highest BCUT2D eigenvalue weighted by Crippen LogP contribution is 2.20. The Labute approximate surface area is 101 Å². The van der Waals surface area contributed by atoms with Gasteiger partial charge in [0.1, 0.15) is 5.69 Å². The van der Waals surface area contributed by atoms with Crippen LogP contribution in [-0.4, -0.2) is 28.9 Å². The summed E-state index contributed by atoms with van der Waals surface area (Å²) in [4.78, 5) is 17.4. The molecule has 0 atom stereocenters. The smallest absolute Gasteiger partial charge is 0.272 e. The van der Waals surface area contributed by atoms with Crippen LogP contribution in [0.3, 0.4) is 0 Å². The SMILES string of the molecule is CCC1CCN(C(=O)c2cccc(F)n2)CC1. The van der Waals surface area contributed by atoms with Crippen molar-refractivity contribution >= 4 is 5.91 Å². The molecule has 0 saturated carbocycles. The molecule has 92 valence electrons. The fraction of sp³-hybridized carbons (Fsp3) is 0.538. The Morgan fingerprint density at radius 1 is 1.47 bits per heavy atom. The maximum Gasteiger partial charge on any atom is 0.272 e. The van der Waals surface area contributed by atoms with Gasteiger partial charge in [0.25, 0.3) is 5.91 Å². The van der Waals surface area contributed by atoms with Crippen molar-refractivity contribution in [3.05, 3.63) is 29.8 Å². The number of carbonyl (C=O) groups is 1. The van der Waals surface area contributed by atoms with Gasteiger partial charge in [0.05, 0.1) is 0 Å². The van der Waals surface area contributed by atoms with Crippen LogP contribution in [0.4, 0.5) is 4.39 Å². The molecule has 1 aromatic rings. The fourth-order valence-electron chi connectivity index (χ4n) is 2.23. The monoisotopic (exact) mass is 236 g/mol. The van der Waals surface area contributed by atoms with Gasteiger partial charge >= 0.3 is 0 Å². The van der Waals surface area contributed by atoms with Crippen LogP contribution < -0.4 is 0 Å². The molecule has 0 spiro atoms. The van der Waals surface area contributed by atoms with Crippen molar-refractivity contribution < 1.29 is 9.18 Å². The number of hydrogen-bond donors (Lipinski definition) is 0. The summed E-state index contributed by atoms with van der Waals surface area (Å²) in [5, 5.41) is 0. The van der Waals surface area contributed by atoms with Crippen LogP contribution in [0.2, 0.25) is 0 Å². The van der Waals surface area contributed by atoms with Gasteiger partial charge in [0, 0.05) is 13.1 Å². The first-order valence-corrected chi connectivity index (χ1v) is 6.12. The highest BCUT2D eigenvalue weighted by molar-refractivity contribution is 5.92. The third kappa shape index (κ3) is 2.81. The zero-order chi connectivity index (χ0) is 12.3. The van der Waals surface area contributed by atoms with Gasteiger partial charge in [-0.25, -0.2) is 4.98 Å². The molecule has 0 N–H and O–H groups in total. The molecule has 2 rings (SSSR count). The molecule has 1 aromatic heterocycles. The van der Waals surface area contributed by atoms with Crippen molar-refractivity contribution in [3.63, 3.8) is 0 Å². The second-order valence-corrected chi connectivity index (χ2v) is 4.49. The van der Waals surface area contributed by atoms with E-state index in [0.29, 0.717) is 0 Å². The van der Waals surface area contributed by atoms with Crippen LogP contribution in [0, 0.1) is 11.9 Å². The number of piperidine rings is 1. The minimum absolute atomic E-state index is 0.154. The number of aromatic nitrogens is 1. The molecule has 1 amide bonds. The first-order valence-electron chi connectivity index (χ1n) is 6.12. The Bertz CT molecular complexity index is 400. The zero-order valence-electron chi connectivity index (χ0n) is 10.0. The van der Waals surface area contributed by atoms with Crippen LogP contribution in [0.15, 0.2) is 18.2 Å². The van der Waals surface area contributed by atoms with E-state index in [4.69, 9.17) is 0 Å². The van der Waals surface area contributed by atoms with Gasteiger partial charge in [0.2, 0.25) is 5.95 Å². The molecular weight excluding hydrogens is 219 g/mol. The molecule has 2 heterocycles. The summed E-state index contributed by atoms with van der Waals surface area (Å²) in [6.07, 6.45) is 3.25. The van der Waals surface area contributed by atoms with Crippen molar-refractivity contribution in [2.45, 2.75) is 26.2 Å². The van der Waals surface area contributed by atoms with E-state index in [1.807, 2.05) is 0 Å². The van der Waals surface area contributed by atoms with E-state index in [0.717, 1.165) is 31.8 Å². The summed E-state index contributed by atoms with van der Waals surface area (Å²) in [5.41, 5.74) is 0.208. The fourth-order valence-corrected chi connectivity index (χ4v) is 2.23. The van der Waals surface area contributed by atoms with Crippen molar-refractivity contribution in [2.75, 3.05) is 13.1 Å². The first-order chi connectivity index (χ1) is 8.20. The highest BCUT2D eigenvalue weighted by atomic mass is 19.1. The van der Waals surface area contributed by atoms with Crippen LogP contribution in [0.1, 0.15) is 36.7 Å². The molecule has 17 heavy (non-hydrogen) atoms. The van der Waals surface area contributed by atoms with Gasteiger partial charge in [-0.05, 0) is 30.9 Å². The summed E-state index contributed by atoms with van der Waals surface area (Å²) in [6, 6.07) is 4.34. The van der Waals surface area contributed by atoms with Gasteiger partial charge in [0.15, 0.2) is 0 Å². The predicted molar refractivity (Wildman–Crippen MR) is 63.1 cm³/mol. The molecule has 3 nitrogen and oxygen atoms in total. The number of halogens is 1. The molecule has 1 aliphatic rings. The topological polar surface area (TPSA) is 33.2 Å². The Hall–Kier alpha value is -1.45. The van der Waals surface area contributed by atoms with Crippen molar-refractivity contribution in [1.82, 2.24) is 9.88 Å². The van der Waals surface area contributed by atoms with E-state index in [1.54, 1.807) is 11.0 Å². The second kappa shape index (κ2) is 5.25. The van der Waals surface area contributed by atoms with E-state index in [2.05, 4.69) is 11.9 Å². The van der Waals surface area contributed by atoms with E-state index in [9.17, 15) is 9.18 Å². The highest BCUT2D eigenvalue weighted by Gasteiger charge is 2.23. The summed E-state index contributed by atoms with van der Waals surface area (Å²) in [7, 11) is 0. The zero-order valence-corrected chi connectivity index (χ0v) is 10.0. The molecule has 1 fully saturated rings. The van der Waals surface area contributed by atoms with Crippen LogP contribution in [0.25, 0.3) is 0 Å². The lowest BCUT2D eigenvalue weighted by atomic mass is 9.94. The molecule has 1 saturated heterocycles. The van der Waals surface area contributed by atoms with E-state index in [-0.39, 0.29) is 11.6 Å². The van der Waals surface area contributed by atoms with Crippen LogP contribution in [0.5, 0.6) is 0 Å². The van der Waals surface area contributed by atoms with E-state index >= 15 is 0 Å². The first kappa shape index (κ1) is 12.0. The number of carbonyl (C=O) groups excluding carboxylic acids is 1. The summed E-state index contributed by atoms with van der Waals surface area (Å²) < 4.78 is 12.9. The van der Waals surface area contributed by atoms with Gasteiger partial charge in [-0.2, -0.15) is 4.39 Å². The number of pyridine rings is 1. The van der Waals surface area contributed by atoms with Crippen LogP contribution >= 0.6 is 0 Å². The van der Waals surface area contributed by atoms with Gasteiger partial charge in [-0.3, -0.25) is 4.79 Å². The van der Waals surface area contributed by atoms with Gasteiger partial charge in [-0.1, -0.05) is 19.4 Å². The number of hydrogen-bond acceptors (Lipinski definition) is 2. The van der Waals surface area contributed by atoms with Crippen LogP contribution in [-0.2, 0) is 0 Å². The second-order valence-electron chi connectivity index (χ2n) is 4.49. The predicted octanol–water partition coefficient (Wildman–Crippen LogP) is 2.48. The number of amides is 1. The molecular formula is C13H17FN2O. The Morgan fingerprint density at radius 2 is 2.18 bits per heavy atom. The summed E-state index contributed by atoms with van der Waals surface area (Å²) in [5.74, 6) is -0.0298. The lowest BCUT2D eigenvalue weighted by Gasteiger charge is -2.31. The molecule has 0 radical (unpaired) electrons. The molecule has 0 bridgehead atoms. The Balaban J connectivity index is 2.02. The molecule has 0 aliphatic carbocycles. The molecule has 4 heteroatoms. The van der Waals surface area contributed by atoms with Crippen molar-refractivity contribution in [3.8, 4) is 0 Å². The van der Waals surface area contributed by atoms with Crippen molar-refractivity contribution in [2.24, 2.45) is 5.92 Å². The quantitative estimate of drug-likeness (QED) is 0.739. The normalized spacial score (nSPS) is 17.2. The van der Waals surface area contributed by atoms with E-state index in [1.165, 1.54) is 18.6 Å². The third-order valence-corrected chi connectivity index (χ3v) is 3.41. The largest absolute Gasteiger partial charge is 0.337 e. The number of nitrogens with zero attached hydrogens (tertiary/aromatic N) is 2. The average Bonchev–Trinajstić information content (AvgIpc) is 2.38. The number of likely N-dealkylation sites (tertiary alicyclic amines) is 1. The summed E-state index contributed by atoms with van der Waals surface area (Å²) in [6.45, 7) is 3.70. The van der Waals surface area contributed by atoms with Gasteiger partial charge in [-0.15, -0.1) is 0 Å². The summed E-state index contributed by atoms with van der Waals surface area (Å²) >= 11 is 0. The lowest BCUT2D eigenvalue weighted by molar-refractivity contribution is 0.0681. The maximum atomic E-state index is 12.9. The minimum Gasteiger partial charge on any atom is -0.337 e. The molecule has 0 unspecified atom stereocenters. The standard InChI is InChI=1S/C13H17FN2O/c1-2-10-6-8-16(9-7-10)13(17)11-4-3-5-12(14)15-11/h3-5,10H,2,6-9H2,1H3. The average molecular weight is 236 g/mol. The third-order valence-electron chi connectivity index (χ3n) is 3.41. The van der Waals surface area contributed by atoms with Crippen molar-refractivity contribution in [1.29, 1.82) is 0 Å². The number of rotatable bonds is 2. The molecule has 0 aromatic carbocycles. The molecule has 1 aliphatic heterocycles.